The number of halogens is 3. The lowest BCUT2D eigenvalue weighted by Crippen LogP contribution is -2.43. The minimum Gasteiger partial charge on any atom is -0.403 e. The van der Waals surface area contributed by atoms with Crippen LogP contribution < -0.4 is 10.1 Å². The predicted molar refractivity (Wildman–Crippen MR) is 140 cm³/mol. The maximum Gasteiger partial charge on any atom is 0.530 e. The van der Waals surface area contributed by atoms with Gasteiger partial charge < -0.3 is 19.5 Å². The molecule has 0 bridgehead atoms. The number of aliphatic hydroxyl groups excluding tert-OH is 2. The summed E-state index contributed by atoms with van der Waals surface area (Å²) in [5.41, 5.74) is -1.42. The van der Waals surface area contributed by atoms with Crippen LogP contribution >= 0.6 is 31.6 Å². The molecule has 2 aromatic rings. The molecular formula is C24H30ClF2N2O8PS. The molecule has 15 heteroatoms. The molecule has 39 heavy (non-hydrogen) atoms. The second kappa shape index (κ2) is 9.99. The molecule has 1 unspecified atom stereocenters. The Hall–Kier alpha value is -1.70. The van der Waals surface area contributed by atoms with E-state index in [1.807, 2.05) is 0 Å². The van der Waals surface area contributed by atoms with Gasteiger partial charge in [0.25, 0.3) is 11.4 Å². The van der Waals surface area contributed by atoms with Crippen LogP contribution in [0.3, 0.4) is 0 Å². The van der Waals surface area contributed by atoms with Gasteiger partial charge in [-0.2, -0.15) is 0 Å². The molecule has 1 fully saturated rings. The fourth-order valence-corrected chi connectivity index (χ4v) is 5.63. The molecular weight excluding hydrogens is 581 g/mol. The summed E-state index contributed by atoms with van der Waals surface area (Å²) >= 11 is 10.8. The van der Waals surface area contributed by atoms with Crippen molar-refractivity contribution < 1.29 is 44.6 Å². The van der Waals surface area contributed by atoms with E-state index < -0.39 is 77.3 Å². The lowest BCUT2D eigenvalue weighted by atomic mass is 9.78. The number of nitrogens with zero attached hydrogens (tertiary/aromatic N) is 1. The van der Waals surface area contributed by atoms with E-state index >= 15 is 8.78 Å². The molecule has 4 rings (SSSR count). The number of fused-ring (bicyclic) bond motifs is 1. The van der Waals surface area contributed by atoms with Crippen molar-refractivity contribution in [2.45, 2.75) is 83.3 Å². The number of aromatic amines is 1. The Bertz CT molecular complexity index is 1560. The second-order valence-corrected chi connectivity index (χ2v) is 13.6. The van der Waals surface area contributed by atoms with Crippen LogP contribution in [-0.4, -0.2) is 44.4 Å². The van der Waals surface area contributed by atoms with Crippen molar-refractivity contribution in [2.24, 2.45) is 0 Å². The summed E-state index contributed by atoms with van der Waals surface area (Å²) in [7, 11) is -5.05. The summed E-state index contributed by atoms with van der Waals surface area (Å²) < 4.78 is 82.8. The van der Waals surface area contributed by atoms with E-state index in [9.17, 15) is 19.6 Å². The molecule has 3 N–H and O–H groups in total. The summed E-state index contributed by atoms with van der Waals surface area (Å²) in [6.07, 6.45) is -5.80. The van der Waals surface area contributed by atoms with Gasteiger partial charge >= 0.3 is 7.82 Å². The summed E-state index contributed by atoms with van der Waals surface area (Å²) in [6.45, 7) is 6.35. The fourth-order valence-electron chi connectivity index (χ4n) is 4.13. The number of hydrogen-bond donors (Lipinski definition) is 3. The van der Waals surface area contributed by atoms with Crippen molar-refractivity contribution in [3.05, 3.63) is 54.9 Å². The zero-order valence-electron chi connectivity index (χ0n) is 23.9. The minimum absolute atomic E-state index is 0.0788. The van der Waals surface area contributed by atoms with Crippen molar-refractivity contribution in [3.8, 4) is 5.75 Å². The Kier molecular flexibility index (Phi) is 7.03. The summed E-state index contributed by atoms with van der Waals surface area (Å²) in [6, 6.07) is 1.55. The van der Waals surface area contributed by atoms with Crippen LogP contribution in [0.4, 0.5) is 8.78 Å². The molecule has 0 aliphatic carbocycles. The first kappa shape index (κ1) is 27.5. The quantitative estimate of drug-likeness (QED) is 0.324. The molecule has 3 heterocycles. The molecule has 0 radical (unpaired) electrons. The average molecular weight is 613 g/mol. The zero-order valence-corrected chi connectivity index (χ0v) is 24.3. The smallest absolute Gasteiger partial charge is 0.403 e. The van der Waals surface area contributed by atoms with Crippen molar-refractivity contribution >= 4 is 31.6 Å². The molecule has 1 saturated heterocycles. The number of aliphatic hydroxyl groups is 2. The Morgan fingerprint density at radius 1 is 1.31 bits per heavy atom. The van der Waals surface area contributed by atoms with Crippen molar-refractivity contribution in [1.29, 1.82) is 0 Å². The number of rotatable bonds is 4. The first-order valence-electron chi connectivity index (χ1n) is 12.8. The van der Waals surface area contributed by atoms with Crippen LogP contribution in [0.5, 0.6) is 5.75 Å². The maximum absolute atomic E-state index is 16.1. The van der Waals surface area contributed by atoms with Crippen LogP contribution in [0.1, 0.15) is 67.2 Å². The topological polar surface area (TPSA) is 132 Å². The highest BCUT2D eigenvalue weighted by atomic mass is 35.5. The molecule has 2 aliphatic rings. The first-order chi connectivity index (χ1) is 18.5. The van der Waals surface area contributed by atoms with Gasteiger partial charge in [-0.1, -0.05) is 53.1 Å². The van der Waals surface area contributed by atoms with Gasteiger partial charge in [0.15, 0.2) is 11.0 Å². The molecule has 1 aromatic carbocycles. The number of phosphoric acid groups is 1. The number of nitrogens with one attached hydrogen (secondary N) is 1. The van der Waals surface area contributed by atoms with Gasteiger partial charge in [-0.05, 0) is 34.7 Å². The zero-order chi connectivity index (χ0) is 31.1. The highest BCUT2D eigenvalue weighted by Crippen LogP contribution is 2.58. The van der Waals surface area contributed by atoms with Crippen LogP contribution in [0.25, 0.3) is 0 Å². The SMILES string of the molecule is [2H]C([2H])(OP1(=O)OCc2c(F)c(C(C)(C)C)cc(C(C)(C)C)c2O1)[C@@]1(F)O[C@@H](n2cc(Cl)c(=O)[nH]c2=S)[C@H](O)[C@@H]1O. The lowest BCUT2D eigenvalue weighted by Gasteiger charge is -2.34. The highest BCUT2D eigenvalue weighted by Gasteiger charge is 2.57. The van der Waals surface area contributed by atoms with E-state index in [4.69, 9.17) is 44.9 Å². The van der Waals surface area contributed by atoms with Crippen molar-refractivity contribution in [2.75, 3.05) is 6.56 Å². The second-order valence-electron chi connectivity index (χ2n) is 11.3. The van der Waals surface area contributed by atoms with Gasteiger partial charge in [0.2, 0.25) is 0 Å². The molecule has 0 spiro atoms. The molecule has 0 saturated carbocycles. The minimum atomic E-state index is -5.05. The monoisotopic (exact) mass is 612 g/mol. The Morgan fingerprint density at radius 2 is 1.92 bits per heavy atom. The number of ether oxygens (including phenoxy) is 1. The molecule has 2 aliphatic heterocycles. The third-order valence-electron chi connectivity index (χ3n) is 6.28. The summed E-state index contributed by atoms with van der Waals surface area (Å²) in [5.74, 6) is -4.76. The molecule has 10 nitrogen and oxygen atoms in total. The number of phosphoric ester groups is 1. The summed E-state index contributed by atoms with van der Waals surface area (Å²) in [4.78, 5) is 13.9. The van der Waals surface area contributed by atoms with Gasteiger partial charge in [-0.15, -0.1) is 0 Å². The average Bonchev–Trinajstić information content (AvgIpc) is 3.04. The number of H-pyrrole nitrogens is 1. The fraction of sp³-hybridized carbons (Fsp3) is 0.583. The molecule has 216 valence electrons. The lowest BCUT2D eigenvalue weighted by molar-refractivity contribution is -0.205. The highest BCUT2D eigenvalue weighted by molar-refractivity contribution is 7.71. The van der Waals surface area contributed by atoms with E-state index in [1.165, 1.54) is 0 Å². The predicted octanol–water partition coefficient (Wildman–Crippen LogP) is 4.94. The normalized spacial score (nSPS) is 30.4. The number of benzene rings is 1. The van der Waals surface area contributed by atoms with Crippen LogP contribution in [0.2, 0.25) is 5.02 Å². The van der Waals surface area contributed by atoms with Crippen LogP contribution in [0.15, 0.2) is 17.1 Å². The number of aromatic nitrogens is 2. The number of hydrogen-bond acceptors (Lipinski definition) is 9. The van der Waals surface area contributed by atoms with Crippen LogP contribution in [0, 0.1) is 10.6 Å². The van der Waals surface area contributed by atoms with Gasteiger partial charge in [-0.3, -0.25) is 23.4 Å². The maximum atomic E-state index is 16.1. The number of alkyl halides is 1. The third-order valence-corrected chi connectivity index (χ3v) is 8.03. The Balaban J connectivity index is 1.71. The van der Waals surface area contributed by atoms with Gasteiger partial charge in [0, 0.05) is 11.8 Å². The molecule has 1 aromatic heterocycles. The van der Waals surface area contributed by atoms with E-state index in [0.29, 0.717) is 11.1 Å². The van der Waals surface area contributed by atoms with Crippen LogP contribution in [-0.2, 0) is 35.8 Å². The Morgan fingerprint density at radius 3 is 2.51 bits per heavy atom. The third kappa shape index (κ3) is 5.60. The van der Waals surface area contributed by atoms with Gasteiger partial charge in [0.1, 0.15) is 35.4 Å². The molecule has 5 atom stereocenters. The van der Waals surface area contributed by atoms with Crippen molar-refractivity contribution in [3.63, 3.8) is 0 Å². The van der Waals surface area contributed by atoms with E-state index in [1.54, 1.807) is 47.6 Å². The molecule has 0 amide bonds. The van der Waals surface area contributed by atoms with E-state index in [-0.39, 0.29) is 11.3 Å². The van der Waals surface area contributed by atoms with E-state index in [0.717, 1.165) is 10.8 Å². The summed E-state index contributed by atoms with van der Waals surface area (Å²) in [5, 5.41) is 20.6. The van der Waals surface area contributed by atoms with Gasteiger partial charge in [-0.25, -0.2) is 13.3 Å². The Labute approximate surface area is 236 Å². The van der Waals surface area contributed by atoms with Crippen molar-refractivity contribution in [1.82, 2.24) is 9.55 Å². The standard InChI is InChI=1S/C24H30ClF2N2O8PS/c1-22(2,3)12-7-13(23(4,5)6)17-11(15(12)26)9-34-38(33,37-17)35-10-24(27)18(31)16(30)20(36-24)29-8-14(25)19(32)28-21(29)39/h7-8,16,18,20,30-31H,9-10H2,1-6H3,(H,28,32,39)/t16-,18+,20-,24-,38?/m1/s1/i10D2. The van der Waals surface area contributed by atoms with Gasteiger partial charge in [0.05, 0.1) is 14.9 Å². The van der Waals surface area contributed by atoms with E-state index in [2.05, 4.69) is 4.98 Å². The first-order valence-corrected chi connectivity index (χ1v) is 14.0. The largest absolute Gasteiger partial charge is 0.530 e.